The van der Waals surface area contributed by atoms with Gasteiger partial charge in [0.05, 0.1) is 34.7 Å². The van der Waals surface area contributed by atoms with E-state index < -0.39 is 0 Å². The maximum atomic E-state index is 13.1. The molecule has 3 rings (SSSR count). The Balaban J connectivity index is 1.65. The minimum atomic E-state index is -0.321. The van der Waals surface area contributed by atoms with Gasteiger partial charge in [-0.2, -0.15) is 5.10 Å². The number of aromatic nitrogens is 2. The highest BCUT2D eigenvalue weighted by Gasteiger charge is 2.18. The molecule has 5 nitrogen and oxygen atoms in total. The van der Waals surface area contributed by atoms with Crippen LogP contribution in [0.5, 0.6) is 5.75 Å². The molecule has 27 heavy (non-hydrogen) atoms. The summed E-state index contributed by atoms with van der Waals surface area (Å²) < 4.78 is 20.3. The summed E-state index contributed by atoms with van der Waals surface area (Å²) in [5.74, 6) is 0.0991. The summed E-state index contributed by atoms with van der Waals surface area (Å²) >= 11 is 6.05. The van der Waals surface area contributed by atoms with Crippen LogP contribution < -0.4 is 4.74 Å². The van der Waals surface area contributed by atoms with Gasteiger partial charge in [0.25, 0.3) is 5.91 Å². The van der Waals surface area contributed by atoms with Gasteiger partial charge in [-0.1, -0.05) is 23.7 Å². The third kappa shape index (κ3) is 4.28. The van der Waals surface area contributed by atoms with E-state index in [-0.39, 0.29) is 11.7 Å². The molecule has 0 aliphatic rings. The average molecular weight is 388 g/mol. The van der Waals surface area contributed by atoms with Crippen molar-refractivity contribution in [3.8, 4) is 11.4 Å². The Hall–Kier alpha value is -2.86. The van der Waals surface area contributed by atoms with E-state index in [1.54, 1.807) is 47.8 Å². The summed E-state index contributed by atoms with van der Waals surface area (Å²) in [4.78, 5) is 14.3. The first-order valence-electron chi connectivity index (χ1n) is 8.40. The number of halogens is 2. The molecule has 1 aromatic heterocycles. The lowest BCUT2D eigenvalue weighted by Crippen LogP contribution is -2.31. The summed E-state index contributed by atoms with van der Waals surface area (Å²) in [6, 6.07) is 13.1. The van der Waals surface area contributed by atoms with Gasteiger partial charge in [0, 0.05) is 7.05 Å². The molecule has 2 aromatic carbocycles. The van der Waals surface area contributed by atoms with Crippen molar-refractivity contribution in [1.29, 1.82) is 0 Å². The number of likely N-dealkylation sites (N-methyl/N-ethyl adjacent to an activating group) is 1. The van der Waals surface area contributed by atoms with Crippen molar-refractivity contribution in [2.24, 2.45) is 0 Å². The molecule has 7 heteroatoms. The Labute approximate surface area is 161 Å². The average Bonchev–Trinajstić information content (AvgIpc) is 3.04. The van der Waals surface area contributed by atoms with E-state index in [0.717, 1.165) is 0 Å². The molecule has 140 valence electrons. The Morgan fingerprint density at radius 2 is 1.93 bits per heavy atom. The molecule has 0 aliphatic heterocycles. The summed E-state index contributed by atoms with van der Waals surface area (Å²) in [5.41, 5.74) is 1.86. The fraction of sp³-hybridized carbons (Fsp3) is 0.200. The molecule has 0 radical (unpaired) electrons. The molecule has 0 fully saturated rings. The maximum Gasteiger partial charge on any atom is 0.257 e. The summed E-state index contributed by atoms with van der Waals surface area (Å²) in [7, 11) is 1.70. The van der Waals surface area contributed by atoms with Crippen molar-refractivity contribution in [2.75, 3.05) is 20.2 Å². The molecule has 1 amide bonds. The monoisotopic (exact) mass is 387 g/mol. The maximum absolute atomic E-state index is 13.1. The minimum Gasteiger partial charge on any atom is -0.490 e. The fourth-order valence-electron chi connectivity index (χ4n) is 2.62. The quantitative estimate of drug-likeness (QED) is 0.639. The van der Waals surface area contributed by atoms with Gasteiger partial charge in [0.2, 0.25) is 0 Å². The van der Waals surface area contributed by atoms with Crippen LogP contribution >= 0.6 is 11.6 Å². The molecule has 1 heterocycles. The number of carbonyl (C=O) groups is 1. The SMILES string of the molecule is Cc1c(C(=O)N(C)CCOc2ccccc2Cl)cnn1-c1ccc(F)cc1. The lowest BCUT2D eigenvalue weighted by atomic mass is 10.2. The van der Waals surface area contributed by atoms with Gasteiger partial charge in [0.1, 0.15) is 18.2 Å². The predicted octanol–water partition coefficient (Wildman–Crippen LogP) is 4.12. The Morgan fingerprint density at radius 1 is 1.22 bits per heavy atom. The van der Waals surface area contributed by atoms with Crippen molar-refractivity contribution in [3.05, 3.63) is 76.8 Å². The molecule has 0 unspecified atom stereocenters. The molecule has 0 aliphatic carbocycles. The summed E-state index contributed by atoms with van der Waals surface area (Å²) in [6.45, 7) is 2.51. The lowest BCUT2D eigenvalue weighted by molar-refractivity contribution is 0.0773. The molecule has 0 saturated carbocycles. The smallest absolute Gasteiger partial charge is 0.257 e. The molecule has 0 bridgehead atoms. The van der Waals surface area contributed by atoms with Crippen molar-refractivity contribution < 1.29 is 13.9 Å². The van der Waals surface area contributed by atoms with E-state index in [9.17, 15) is 9.18 Å². The number of nitrogens with zero attached hydrogens (tertiary/aromatic N) is 3. The fourth-order valence-corrected chi connectivity index (χ4v) is 2.81. The molecule has 0 N–H and O–H groups in total. The van der Waals surface area contributed by atoms with Gasteiger partial charge in [-0.3, -0.25) is 4.79 Å². The standard InChI is InChI=1S/C20H19ClFN3O2/c1-14-17(13-23-25(14)16-9-7-15(22)8-10-16)20(26)24(2)11-12-27-19-6-4-3-5-18(19)21/h3-10,13H,11-12H2,1-2H3. The van der Waals surface area contributed by atoms with Crippen molar-refractivity contribution in [1.82, 2.24) is 14.7 Å². The number of benzene rings is 2. The Bertz CT molecular complexity index is 941. The minimum absolute atomic E-state index is 0.163. The van der Waals surface area contributed by atoms with Crippen LogP contribution in [0.15, 0.2) is 54.7 Å². The molecule has 0 atom stereocenters. The van der Waals surface area contributed by atoms with Gasteiger partial charge in [-0.25, -0.2) is 9.07 Å². The van der Waals surface area contributed by atoms with E-state index >= 15 is 0 Å². The summed E-state index contributed by atoms with van der Waals surface area (Å²) in [5, 5.41) is 4.79. The molecule has 0 saturated heterocycles. The van der Waals surface area contributed by atoms with Crippen molar-refractivity contribution in [2.45, 2.75) is 6.92 Å². The van der Waals surface area contributed by atoms with Crippen molar-refractivity contribution >= 4 is 17.5 Å². The zero-order valence-corrected chi connectivity index (χ0v) is 15.8. The highest BCUT2D eigenvalue weighted by atomic mass is 35.5. The number of para-hydroxylation sites is 1. The van der Waals surface area contributed by atoms with Crippen LogP contribution in [0.25, 0.3) is 5.69 Å². The number of ether oxygens (including phenoxy) is 1. The lowest BCUT2D eigenvalue weighted by Gasteiger charge is -2.17. The van der Waals surface area contributed by atoms with E-state index in [4.69, 9.17) is 16.3 Å². The second-order valence-corrected chi connectivity index (χ2v) is 6.44. The second-order valence-electron chi connectivity index (χ2n) is 6.04. The van der Waals surface area contributed by atoms with Gasteiger partial charge in [-0.15, -0.1) is 0 Å². The first kappa shape index (κ1) is 18.9. The van der Waals surface area contributed by atoms with E-state index in [1.807, 2.05) is 12.1 Å². The van der Waals surface area contributed by atoms with E-state index in [0.29, 0.717) is 40.9 Å². The highest BCUT2D eigenvalue weighted by Crippen LogP contribution is 2.23. The van der Waals surface area contributed by atoms with Gasteiger partial charge < -0.3 is 9.64 Å². The van der Waals surface area contributed by atoms with Crippen LogP contribution in [0.3, 0.4) is 0 Å². The molecule has 0 spiro atoms. The second kappa shape index (κ2) is 8.22. The number of carbonyl (C=O) groups excluding carboxylic acids is 1. The van der Waals surface area contributed by atoms with Gasteiger partial charge in [0.15, 0.2) is 0 Å². The molecular weight excluding hydrogens is 369 g/mol. The number of rotatable bonds is 6. The third-order valence-corrected chi connectivity index (χ3v) is 4.49. The molecule has 3 aromatic rings. The molecular formula is C20H19ClFN3O2. The number of hydrogen-bond acceptors (Lipinski definition) is 3. The highest BCUT2D eigenvalue weighted by molar-refractivity contribution is 6.32. The first-order chi connectivity index (χ1) is 13.0. The van der Waals surface area contributed by atoms with Crippen LogP contribution in [-0.4, -0.2) is 40.8 Å². The largest absolute Gasteiger partial charge is 0.490 e. The van der Waals surface area contributed by atoms with Crippen LogP contribution in [-0.2, 0) is 0 Å². The number of hydrogen-bond donors (Lipinski definition) is 0. The van der Waals surface area contributed by atoms with E-state index in [1.165, 1.54) is 18.3 Å². The summed E-state index contributed by atoms with van der Waals surface area (Å²) in [6.07, 6.45) is 1.52. The topological polar surface area (TPSA) is 47.4 Å². The van der Waals surface area contributed by atoms with Crippen molar-refractivity contribution in [3.63, 3.8) is 0 Å². The first-order valence-corrected chi connectivity index (χ1v) is 8.78. The van der Waals surface area contributed by atoms with Crippen LogP contribution in [0.4, 0.5) is 4.39 Å². The van der Waals surface area contributed by atoms with Crippen LogP contribution in [0.1, 0.15) is 16.1 Å². The van der Waals surface area contributed by atoms with Crippen LogP contribution in [0.2, 0.25) is 5.02 Å². The Morgan fingerprint density at radius 3 is 2.63 bits per heavy atom. The zero-order valence-electron chi connectivity index (χ0n) is 15.0. The Kier molecular flexibility index (Phi) is 5.76. The van der Waals surface area contributed by atoms with Gasteiger partial charge in [-0.05, 0) is 43.3 Å². The van der Waals surface area contributed by atoms with E-state index in [2.05, 4.69) is 5.10 Å². The zero-order chi connectivity index (χ0) is 19.4. The predicted molar refractivity (Wildman–Crippen MR) is 102 cm³/mol. The number of amides is 1. The third-order valence-electron chi connectivity index (χ3n) is 4.18. The normalized spacial score (nSPS) is 10.7. The van der Waals surface area contributed by atoms with Gasteiger partial charge >= 0.3 is 0 Å². The van der Waals surface area contributed by atoms with Crippen LogP contribution in [0, 0.1) is 12.7 Å².